The number of carbonyl (C=O) groups is 1. The van der Waals surface area contributed by atoms with Crippen LogP contribution in [0.1, 0.15) is 30.5 Å². The van der Waals surface area contributed by atoms with E-state index in [0.29, 0.717) is 0 Å². The zero-order valence-electron chi connectivity index (χ0n) is 12.8. The van der Waals surface area contributed by atoms with E-state index in [1.54, 1.807) is 0 Å². The Morgan fingerprint density at radius 3 is 2.77 bits per heavy atom. The SMILES string of the molecule is O=C(C1CCCO1)N1CCN(c2cc3c(nn2)CCC3)CC1. The van der Waals surface area contributed by atoms with Crippen molar-refractivity contribution < 1.29 is 9.53 Å². The lowest BCUT2D eigenvalue weighted by Gasteiger charge is -2.36. The van der Waals surface area contributed by atoms with Gasteiger partial charge in [0.05, 0.1) is 5.69 Å². The molecule has 2 fully saturated rings. The summed E-state index contributed by atoms with van der Waals surface area (Å²) in [6, 6.07) is 2.19. The molecule has 0 saturated carbocycles. The Morgan fingerprint density at radius 1 is 1.14 bits per heavy atom. The maximum Gasteiger partial charge on any atom is 0.251 e. The minimum atomic E-state index is -0.202. The van der Waals surface area contributed by atoms with E-state index in [0.717, 1.165) is 70.0 Å². The third-order valence-corrected chi connectivity index (χ3v) is 4.93. The molecule has 1 aromatic heterocycles. The number of hydrogen-bond acceptors (Lipinski definition) is 5. The van der Waals surface area contributed by atoms with Crippen molar-refractivity contribution >= 4 is 11.7 Å². The van der Waals surface area contributed by atoms with Crippen LogP contribution in [0.3, 0.4) is 0 Å². The second kappa shape index (κ2) is 5.83. The maximum absolute atomic E-state index is 12.4. The summed E-state index contributed by atoms with van der Waals surface area (Å²) in [7, 11) is 0. The van der Waals surface area contributed by atoms with Crippen LogP contribution in [0.2, 0.25) is 0 Å². The highest BCUT2D eigenvalue weighted by atomic mass is 16.5. The van der Waals surface area contributed by atoms with E-state index in [4.69, 9.17) is 4.74 Å². The zero-order valence-corrected chi connectivity index (χ0v) is 12.8. The molecule has 2 saturated heterocycles. The summed E-state index contributed by atoms with van der Waals surface area (Å²) in [5.74, 6) is 1.13. The molecule has 1 aromatic rings. The largest absolute Gasteiger partial charge is 0.368 e. The molecule has 0 spiro atoms. The Balaban J connectivity index is 1.38. The molecule has 1 amide bonds. The average Bonchev–Trinajstić information content (AvgIpc) is 3.25. The smallest absolute Gasteiger partial charge is 0.251 e. The van der Waals surface area contributed by atoms with Gasteiger partial charge in [-0.15, -0.1) is 5.10 Å². The van der Waals surface area contributed by atoms with Gasteiger partial charge >= 0.3 is 0 Å². The standard InChI is InChI=1S/C16H22N4O2/c21-16(14-5-2-10-22-14)20-8-6-19(7-9-20)15-11-12-3-1-4-13(12)17-18-15/h11,14H,1-10H2. The minimum absolute atomic E-state index is 0.164. The fraction of sp³-hybridized carbons (Fsp3) is 0.688. The van der Waals surface area contributed by atoms with Gasteiger partial charge in [-0.25, -0.2) is 0 Å². The molecule has 1 unspecified atom stereocenters. The van der Waals surface area contributed by atoms with Gasteiger partial charge in [0.2, 0.25) is 0 Å². The number of ether oxygens (including phenoxy) is 1. The van der Waals surface area contributed by atoms with Gasteiger partial charge in [0.15, 0.2) is 5.82 Å². The van der Waals surface area contributed by atoms with Gasteiger partial charge in [-0.05, 0) is 43.7 Å². The summed E-state index contributed by atoms with van der Waals surface area (Å²) < 4.78 is 5.50. The molecule has 0 aromatic carbocycles. The van der Waals surface area contributed by atoms with Crippen molar-refractivity contribution in [1.29, 1.82) is 0 Å². The summed E-state index contributed by atoms with van der Waals surface area (Å²) in [6.45, 7) is 3.87. The van der Waals surface area contributed by atoms with Crippen LogP contribution in [0.4, 0.5) is 5.82 Å². The summed E-state index contributed by atoms with van der Waals surface area (Å²) in [5.41, 5.74) is 2.51. The summed E-state index contributed by atoms with van der Waals surface area (Å²) in [4.78, 5) is 16.5. The number of hydrogen-bond donors (Lipinski definition) is 0. The second-order valence-corrected chi connectivity index (χ2v) is 6.34. The highest BCUT2D eigenvalue weighted by Gasteiger charge is 2.30. The molecule has 118 valence electrons. The number of nitrogens with zero attached hydrogens (tertiary/aromatic N) is 4. The number of anilines is 1. The number of rotatable bonds is 2. The first kappa shape index (κ1) is 13.9. The van der Waals surface area contributed by atoms with Crippen LogP contribution in [0.5, 0.6) is 0 Å². The molecule has 1 atom stereocenters. The number of aromatic nitrogens is 2. The van der Waals surface area contributed by atoms with E-state index < -0.39 is 0 Å². The van der Waals surface area contributed by atoms with Crippen molar-refractivity contribution in [2.75, 3.05) is 37.7 Å². The van der Waals surface area contributed by atoms with Gasteiger partial charge in [-0.2, -0.15) is 5.10 Å². The van der Waals surface area contributed by atoms with Crippen LogP contribution in [-0.4, -0.2) is 59.9 Å². The lowest BCUT2D eigenvalue weighted by molar-refractivity contribution is -0.141. The van der Waals surface area contributed by atoms with Gasteiger partial charge in [0, 0.05) is 32.8 Å². The number of fused-ring (bicyclic) bond motifs is 1. The van der Waals surface area contributed by atoms with Crippen LogP contribution in [0, 0.1) is 0 Å². The van der Waals surface area contributed by atoms with E-state index in [1.807, 2.05) is 4.90 Å². The van der Waals surface area contributed by atoms with Crippen LogP contribution < -0.4 is 4.90 Å². The predicted molar refractivity (Wildman–Crippen MR) is 81.8 cm³/mol. The van der Waals surface area contributed by atoms with E-state index in [1.165, 1.54) is 12.0 Å². The molecule has 3 aliphatic rings. The molecule has 6 nitrogen and oxygen atoms in total. The van der Waals surface area contributed by atoms with Crippen LogP contribution in [0.25, 0.3) is 0 Å². The lowest BCUT2D eigenvalue weighted by atomic mass is 10.2. The number of amides is 1. The molecule has 2 aliphatic heterocycles. The molecular weight excluding hydrogens is 280 g/mol. The fourth-order valence-corrected chi connectivity index (χ4v) is 3.60. The number of carbonyl (C=O) groups excluding carboxylic acids is 1. The van der Waals surface area contributed by atoms with Crippen molar-refractivity contribution in [2.45, 2.75) is 38.2 Å². The zero-order chi connectivity index (χ0) is 14.9. The highest BCUT2D eigenvalue weighted by molar-refractivity contribution is 5.81. The third-order valence-electron chi connectivity index (χ3n) is 4.93. The van der Waals surface area contributed by atoms with Crippen molar-refractivity contribution in [1.82, 2.24) is 15.1 Å². The van der Waals surface area contributed by atoms with Gasteiger partial charge in [-0.1, -0.05) is 0 Å². The Morgan fingerprint density at radius 2 is 2.00 bits per heavy atom. The van der Waals surface area contributed by atoms with Crippen molar-refractivity contribution in [3.63, 3.8) is 0 Å². The minimum Gasteiger partial charge on any atom is -0.368 e. The van der Waals surface area contributed by atoms with E-state index in [-0.39, 0.29) is 12.0 Å². The Bertz CT molecular complexity index is 563. The number of piperazine rings is 1. The molecular formula is C16H22N4O2. The van der Waals surface area contributed by atoms with E-state index in [2.05, 4.69) is 21.2 Å². The van der Waals surface area contributed by atoms with Gasteiger partial charge in [-0.3, -0.25) is 4.79 Å². The van der Waals surface area contributed by atoms with Crippen LogP contribution in [0.15, 0.2) is 6.07 Å². The second-order valence-electron chi connectivity index (χ2n) is 6.34. The van der Waals surface area contributed by atoms with E-state index in [9.17, 15) is 4.79 Å². The highest BCUT2D eigenvalue weighted by Crippen LogP contribution is 2.24. The first-order valence-electron chi connectivity index (χ1n) is 8.32. The molecule has 4 rings (SSSR count). The molecule has 0 N–H and O–H groups in total. The first-order chi connectivity index (χ1) is 10.8. The van der Waals surface area contributed by atoms with Crippen LogP contribution >= 0.6 is 0 Å². The summed E-state index contributed by atoms with van der Waals surface area (Å²) >= 11 is 0. The third kappa shape index (κ3) is 2.56. The van der Waals surface area contributed by atoms with E-state index >= 15 is 0 Å². The average molecular weight is 302 g/mol. The topological polar surface area (TPSA) is 58.6 Å². The van der Waals surface area contributed by atoms with Crippen molar-refractivity contribution in [2.24, 2.45) is 0 Å². The molecule has 3 heterocycles. The Kier molecular flexibility index (Phi) is 3.70. The van der Waals surface area contributed by atoms with Gasteiger partial charge in [0.1, 0.15) is 6.10 Å². The summed E-state index contributed by atoms with van der Waals surface area (Å²) in [6.07, 6.45) is 5.04. The summed E-state index contributed by atoms with van der Waals surface area (Å²) in [5, 5.41) is 8.73. The quantitative estimate of drug-likeness (QED) is 0.808. The Hall–Kier alpha value is -1.69. The molecule has 6 heteroatoms. The van der Waals surface area contributed by atoms with Crippen LogP contribution in [-0.2, 0) is 22.4 Å². The molecule has 22 heavy (non-hydrogen) atoms. The van der Waals surface area contributed by atoms with Crippen molar-refractivity contribution in [3.8, 4) is 0 Å². The molecule has 0 radical (unpaired) electrons. The monoisotopic (exact) mass is 302 g/mol. The van der Waals surface area contributed by atoms with Crippen molar-refractivity contribution in [3.05, 3.63) is 17.3 Å². The first-order valence-corrected chi connectivity index (χ1v) is 8.32. The fourth-order valence-electron chi connectivity index (χ4n) is 3.60. The molecule has 0 bridgehead atoms. The van der Waals surface area contributed by atoms with Gasteiger partial charge in [0.25, 0.3) is 5.91 Å². The molecule has 1 aliphatic carbocycles. The number of aryl methyl sites for hydroxylation is 2. The maximum atomic E-state index is 12.4. The van der Waals surface area contributed by atoms with Gasteiger partial charge < -0.3 is 14.5 Å². The normalized spacial score (nSPS) is 24.6. The Labute approximate surface area is 130 Å². The lowest BCUT2D eigenvalue weighted by Crippen LogP contribution is -2.51. The predicted octanol–water partition coefficient (Wildman–Crippen LogP) is 0.793.